The summed E-state index contributed by atoms with van der Waals surface area (Å²) >= 11 is 1.45. The van der Waals surface area contributed by atoms with Gasteiger partial charge in [-0.05, 0) is 36.5 Å². The Labute approximate surface area is 155 Å². The highest BCUT2D eigenvalue weighted by Gasteiger charge is 2.27. The van der Waals surface area contributed by atoms with Crippen LogP contribution in [0.3, 0.4) is 0 Å². The fourth-order valence-corrected chi connectivity index (χ4v) is 4.20. The first-order chi connectivity index (χ1) is 12.6. The summed E-state index contributed by atoms with van der Waals surface area (Å²) in [5.74, 6) is -0.0819. The Morgan fingerprint density at radius 3 is 3.04 bits per heavy atom. The molecule has 2 heterocycles. The minimum absolute atomic E-state index is 0.0819. The largest absolute Gasteiger partial charge is 0.508 e. The minimum Gasteiger partial charge on any atom is -0.438 e. The van der Waals surface area contributed by atoms with E-state index >= 15 is 0 Å². The second-order valence-electron chi connectivity index (χ2n) is 6.09. The molecule has 0 aromatic carbocycles. The second-order valence-corrected chi connectivity index (χ2v) is 7.20. The Balaban J connectivity index is 1.60. The molecule has 7 nitrogen and oxygen atoms in total. The lowest BCUT2D eigenvalue weighted by Crippen LogP contribution is -2.24. The summed E-state index contributed by atoms with van der Waals surface area (Å²) < 4.78 is 9.77. The number of thiophene rings is 1. The van der Waals surface area contributed by atoms with Crippen LogP contribution < -0.4 is 11.1 Å². The van der Waals surface area contributed by atoms with Crippen LogP contribution in [-0.4, -0.2) is 30.3 Å². The number of rotatable bonds is 5. The van der Waals surface area contributed by atoms with Crippen LogP contribution in [0.4, 0.5) is 15.5 Å². The number of aryl methyl sites for hydroxylation is 1. The molecule has 0 radical (unpaired) electrons. The van der Waals surface area contributed by atoms with Crippen molar-refractivity contribution < 1.29 is 19.1 Å². The molecule has 2 aromatic heterocycles. The summed E-state index contributed by atoms with van der Waals surface area (Å²) in [7, 11) is 1.29. The lowest BCUT2D eigenvalue weighted by molar-refractivity contribution is -0.116. The van der Waals surface area contributed by atoms with Crippen molar-refractivity contribution >= 4 is 34.1 Å². The number of nitrogen functional groups attached to an aromatic ring is 1. The van der Waals surface area contributed by atoms with Crippen molar-refractivity contribution in [3.8, 4) is 0 Å². The third-order valence-electron chi connectivity index (χ3n) is 4.31. The number of hydrogen-bond acceptors (Lipinski definition) is 7. The lowest BCUT2D eigenvalue weighted by atomic mass is 9.95. The Kier molecular flexibility index (Phi) is 5.72. The van der Waals surface area contributed by atoms with Gasteiger partial charge in [-0.15, -0.1) is 11.3 Å². The van der Waals surface area contributed by atoms with Gasteiger partial charge >= 0.3 is 6.16 Å². The van der Waals surface area contributed by atoms with E-state index in [4.69, 9.17) is 10.5 Å². The number of amides is 1. The van der Waals surface area contributed by atoms with Gasteiger partial charge < -0.3 is 20.5 Å². The van der Waals surface area contributed by atoms with Crippen LogP contribution in [0.25, 0.3) is 0 Å². The van der Waals surface area contributed by atoms with E-state index in [1.54, 1.807) is 12.4 Å². The quantitative estimate of drug-likeness (QED) is 0.779. The van der Waals surface area contributed by atoms with Gasteiger partial charge in [-0.2, -0.15) is 0 Å². The molecule has 8 heteroatoms. The summed E-state index contributed by atoms with van der Waals surface area (Å²) in [5.41, 5.74) is 8.89. The maximum Gasteiger partial charge on any atom is 0.508 e. The van der Waals surface area contributed by atoms with E-state index in [9.17, 15) is 9.59 Å². The van der Waals surface area contributed by atoms with Crippen LogP contribution >= 0.6 is 11.3 Å². The Bertz CT molecular complexity index is 791. The number of pyridine rings is 1. The number of anilines is 2. The summed E-state index contributed by atoms with van der Waals surface area (Å²) in [4.78, 5) is 28.6. The van der Waals surface area contributed by atoms with Gasteiger partial charge in [-0.1, -0.05) is 6.07 Å². The Morgan fingerprint density at radius 1 is 1.46 bits per heavy atom. The van der Waals surface area contributed by atoms with Gasteiger partial charge in [0.15, 0.2) is 0 Å². The number of carbonyl (C=O) groups is 2. The smallest absolute Gasteiger partial charge is 0.438 e. The van der Waals surface area contributed by atoms with E-state index in [1.165, 1.54) is 18.4 Å². The van der Waals surface area contributed by atoms with Gasteiger partial charge in [0, 0.05) is 30.1 Å². The zero-order chi connectivity index (χ0) is 18.5. The van der Waals surface area contributed by atoms with E-state index in [-0.39, 0.29) is 12.0 Å². The van der Waals surface area contributed by atoms with Gasteiger partial charge in [-0.25, -0.2) is 4.79 Å². The molecule has 3 N–H and O–H groups in total. The summed E-state index contributed by atoms with van der Waals surface area (Å²) in [6.45, 7) is 0. The van der Waals surface area contributed by atoms with Crippen molar-refractivity contribution in [3.63, 3.8) is 0 Å². The van der Waals surface area contributed by atoms with Crippen LogP contribution in [0.1, 0.15) is 28.8 Å². The normalized spacial score (nSPS) is 15.8. The van der Waals surface area contributed by atoms with E-state index in [1.807, 2.05) is 12.1 Å². The van der Waals surface area contributed by atoms with Crippen LogP contribution in [0, 0.1) is 0 Å². The third-order valence-corrected chi connectivity index (χ3v) is 5.49. The van der Waals surface area contributed by atoms with Crippen molar-refractivity contribution in [1.82, 2.24) is 4.98 Å². The first kappa shape index (κ1) is 18.2. The summed E-state index contributed by atoms with van der Waals surface area (Å²) in [6.07, 6.45) is 5.55. The molecule has 1 unspecified atom stereocenters. The van der Waals surface area contributed by atoms with E-state index < -0.39 is 6.16 Å². The molecule has 0 fully saturated rings. The number of nitrogens with one attached hydrogen (secondary N) is 1. The number of ether oxygens (including phenoxy) is 2. The molecule has 138 valence electrons. The van der Waals surface area contributed by atoms with Crippen molar-refractivity contribution in [3.05, 3.63) is 40.5 Å². The molecule has 0 saturated carbocycles. The first-order valence-corrected chi connectivity index (χ1v) is 9.21. The second kappa shape index (κ2) is 8.18. The molecular formula is C18H21N3O4S. The molecule has 1 amide bonds. The molecule has 0 saturated heterocycles. The van der Waals surface area contributed by atoms with Crippen LogP contribution in [-0.2, 0) is 33.5 Å². The van der Waals surface area contributed by atoms with Crippen molar-refractivity contribution in [1.29, 1.82) is 0 Å². The maximum atomic E-state index is 12.2. The molecule has 1 aliphatic rings. The van der Waals surface area contributed by atoms with Gasteiger partial charge in [-0.3, -0.25) is 9.78 Å². The average Bonchev–Trinajstić information content (AvgIpc) is 2.95. The van der Waals surface area contributed by atoms with E-state index in [0.717, 1.165) is 16.0 Å². The van der Waals surface area contributed by atoms with E-state index in [0.29, 0.717) is 42.8 Å². The minimum atomic E-state index is -0.674. The Morgan fingerprint density at radius 2 is 2.31 bits per heavy atom. The molecule has 0 bridgehead atoms. The zero-order valence-electron chi connectivity index (χ0n) is 14.5. The fraction of sp³-hybridized carbons (Fsp3) is 0.389. The molecule has 26 heavy (non-hydrogen) atoms. The highest BCUT2D eigenvalue weighted by atomic mass is 32.1. The monoisotopic (exact) mass is 375 g/mol. The van der Waals surface area contributed by atoms with Gasteiger partial charge in [0.1, 0.15) is 11.1 Å². The molecule has 1 aliphatic carbocycles. The number of fused-ring (bicyclic) bond motifs is 1. The van der Waals surface area contributed by atoms with Crippen molar-refractivity contribution in [2.24, 2.45) is 0 Å². The van der Waals surface area contributed by atoms with Crippen LogP contribution in [0.5, 0.6) is 0 Å². The number of methoxy groups -OCH3 is 1. The maximum absolute atomic E-state index is 12.2. The molecular weight excluding hydrogens is 354 g/mol. The standard InChI is InChI=1S/C18H21N3O4S/c1-24-18(23)25-12-5-6-13-14(9-12)26-17(16(13)19)21-15(22)7-4-11-3-2-8-20-10-11/h2-3,8,10,12H,4-7,9,19H2,1H3,(H,21,22). The number of nitrogens with two attached hydrogens (primary N) is 1. The summed E-state index contributed by atoms with van der Waals surface area (Å²) in [6, 6.07) is 3.80. The molecule has 2 aromatic rings. The predicted molar refractivity (Wildman–Crippen MR) is 99.2 cm³/mol. The topological polar surface area (TPSA) is 104 Å². The van der Waals surface area contributed by atoms with Gasteiger partial charge in [0.2, 0.25) is 5.91 Å². The fourth-order valence-electron chi connectivity index (χ4n) is 2.95. The first-order valence-electron chi connectivity index (χ1n) is 8.40. The van der Waals surface area contributed by atoms with Gasteiger partial charge in [0.25, 0.3) is 0 Å². The van der Waals surface area contributed by atoms with E-state index in [2.05, 4.69) is 15.0 Å². The highest BCUT2D eigenvalue weighted by Crippen LogP contribution is 2.40. The molecule has 0 aliphatic heterocycles. The number of carbonyl (C=O) groups excluding carboxylic acids is 2. The molecule has 1 atom stereocenters. The SMILES string of the molecule is COC(=O)OC1CCc2c(sc(NC(=O)CCc3cccnc3)c2N)C1. The number of nitrogens with zero attached hydrogens (tertiary/aromatic N) is 1. The highest BCUT2D eigenvalue weighted by molar-refractivity contribution is 7.17. The van der Waals surface area contributed by atoms with Gasteiger partial charge in [0.05, 0.1) is 12.8 Å². The molecule has 3 rings (SSSR count). The Hall–Kier alpha value is -2.61. The third kappa shape index (κ3) is 4.32. The van der Waals surface area contributed by atoms with Crippen molar-refractivity contribution in [2.45, 2.75) is 38.2 Å². The summed E-state index contributed by atoms with van der Waals surface area (Å²) in [5, 5.41) is 3.58. The van der Waals surface area contributed by atoms with Crippen molar-refractivity contribution in [2.75, 3.05) is 18.2 Å². The molecule has 0 spiro atoms. The van der Waals surface area contributed by atoms with Crippen LogP contribution in [0.15, 0.2) is 24.5 Å². The number of aromatic nitrogens is 1. The lowest BCUT2D eigenvalue weighted by Gasteiger charge is -2.21. The average molecular weight is 375 g/mol. The van der Waals surface area contributed by atoms with Crippen LogP contribution in [0.2, 0.25) is 0 Å². The number of hydrogen-bond donors (Lipinski definition) is 2. The zero-order valence-corrected chi connectivity index (χ0v) is 15.3. The predicted octanol–water partition coefficient (Wildman–Crippen LogP) is 2.94.